The average Bonchev–Trinajstić information content (AvgIpc) is 2.89. The van der Waals surface area contributed by atoms with Crippen LogP contribution >= 0.6 is 0 Å². The second-order valence-corrected chi connectivity index (χ2v) is 6.37. The van der Waals surface area contributed by atoms with Crippen molar-refractivity contribution in [3.63, 3.8) is 0 Å². The molecule has 120 valence electrons. The van der Waals surface area contributed by atoms with Gasteiger partial charge in [0.25, 0.3) is 5.91 Å². The second kappa shape index (κ2) is 6.45. The summed E-state index contributed by atoms with van der Waals surface area (Å²) in [6.07, 6.45) is 1.99. The number of aryl methyl sites for hydroxylation is 4. The van der Waals surface area contributed by atoms with Gasteiger partial charge in [0.2, 0.25) is 0 Å². The molecule has 0 aliphatic heterocycles. The zero-order valence-electron chi connectivity index (χ0n) is 14.0. The van der Waals surface area contributed by atoms with Crippen molar-refractivity contribution >= 4 is 5.91 Å². The Morgan fingerprint density at radius 1 is 1.17 bits per heavy atom. The normalized spacial score (nSPS) is 16.0. The fraction of sp³-hybridized carbons (Fsp3) is 0.350. The van der Waals surface area contributed by atoms with E-state index in [0.29, 0.717) is 0 Å². The van der Waals surface area contributed by atoms with Crippen LogP contribution in [-0.2, 0) is 11.2 Å². The molecule has 3 heteroatoms. The molecule has 0 bridgehead atoms. The highest BCUT2D eigenvalue weighted by Crippen LogP contribution is 2.30. The van der Waals surface area contributed by atoms with E-state index >= 15 is 0 Å². The van der Waals surface area contributed by atoms with E-state index in [2.05, 4.69) is 42.6 Å². The first-order valence-corrected chi connectivity index (χ1v) is 8.12. The molecule has 0 spiro atoms. The first-order valence-electron chi connectivity index (χ1n) is 8.12. The summed E-state index contributed by atoms with van der Waals surface area (Å²) in [5, 5.41) is 3.09. The number of rotatable bonds is 4. The van der Waals surface area contributed by atoms with Gasteiger partial charge in [0, 0.05) is 0 Å². The number of ether oxygens (including phenoxy) is 1. The van der Waals surface area contributed by atoms with Crippen LogP contribution in [0, 0.1) is 20.8 Å². The van der Waals surface area contributed by atoms with Gasteiger partial charge in [-0.25, -0.2) is 0 Å². The predicted molar refractivity (Wildman–Crippen MR) is 91.8 cm³/mol. The van der Waals surface area contributed by atoms with E-state index in [1.54, 1.807) is 0 Å². The predicted octanol–water partition coefficient (Wildman–Crippen LogP) is 3.79. The Kier molecular flexibility index (Phi) is 4.37. The molecule has 2 aromatic rings. The van der Waals surface area contributed by atoms with Crippen molar-refractivity contribution in [1.82, 2.24) is 5.32 Å². The Morgan fingerprint density at radius 3 is 2.61 bits per heavy atom. The molecule has 0 heterocycles. The van der Waals surface area contributed by atoms with Gasteiger partial charge in [-0.3, -0.25) is 4.79 Å². The third-order valence-corrected chi connectivity index (χ3v) is 4.42. The lowest BCUT2D eigenvalue weighted by molar-refractivity contribution is -0.123. The molecular formula is C20H23NO2. The minimum Gasteiger partial charge on any atom is -0.483 e. The Labute approximate surface area is 137 Å². The van der Waals surface area contributed by atoms with Gasteiger partial charge >= 0.3 is 0 Å². The van der Waals surface area contributed by atoms with Crippen LogP contribution in [0.4, 0.5) is 0 Å². The zero-order chi connectivity index (χ0) is 16.4. The number of amides is 1. The molecule has 23 heavy (non-hydrogen) atoms. The Hall–Kier alpha value is -2.29. The summed E-state index contributed by atoms with van der Waals surface area (Å²) in [6.45, 7) is 6.15. The van der Waals surface area contributed by atoms with E-state index in [1.165, 1.54) is 16.7 Å². The summed E-state index contributed by atoms with van der Waals surface area (Å²) < 4.78 is 5.77. The highest BCUT2D eigenvalue weighted by Gasteiger charge is 2.23. The quantitative estimate of drug-likeness (QED) is 0.933. The Morgan fingerprint density at radius 2 is 1.87 bits per heavy atom. The molecule has 3 nitrogen and oxygen atoms in total. The number of nitrogens with one attached hydrogen (secondary N) is 1. The van der Waals surface area contributed by atoms with Crippen molar-refractivity contribution in [1.29, 1.82) is 0 Å². The summed E-state index contributed by atoms with van der Waals surface area (Å²) >= 11 is 0. The lowest BCUT2D eigenvalue weighted by atomic mass is 10.1. The minimum absolute atomic E-state index is 0.0589. The van der Waals surface area contributed by atoms with Crippen LogP contribution in [0.25, 0.3) is 0 Å². The van der Waals surface area contributed by atoms with Crippen LogP contribution in [0.5, 0.6) is 5.75 Å². The van der Waals surface area contributed by atoms with Crippen molar-refractivity contribution in [2.75, 3.05) is 6.61 Å². The summed E-state index contributed by atoms with van der Waals surface area (Å²) in [5.74, 6) is 0.753. The summed E-state index contributed by atoms with van der Waals surface area (Å²) in [7, 11) is 0. The van der Waals surface area contributed by atoms with E-state index in [-0.39, 0.29) is 18.6 Å². The van der Waals surface area contributed by atoms with Crippen LogP contribution in [0.1, 0.15) is 40.3 Å². The SMILES string of the molecule is Cc1cc(C)c(OCC(=O)N[C@@H]2CCc3ccccc32)c(C)c1. The van der Waals surface area contributed by atoms with Gasteiger partial charge in [-0.05, 0) is 55.9 Å². The molecule has 0 aromatic heterocycles. The van der Waals surface area contributed by atoms with Gasteiger partial charge in [0.15, 0.2) is 6.61 Å². The highest BCUT2D eigenvalue weighted by atomic mass is 16.5. The molecule has 0 unspecified atom stereocenters. The highest BCUT2D eigenvalue weighted by molar-refractivity contribution is 5.78. The number of hydrogen-bond donors (Lipinski definition) is 1. The van der Waals surface area contributed by atoms with Crippen LogP contribution in [-0.4, -0.2) is 12.5 Å². The van der Waals surface area contributed by atoms with E-state index in [4.69, 9.17) is 4.74 Å². The lowest BCUT2D eigenvalue weighted by Crippen LogP contribution is -2.31. The van der Waals surface area contributed by atoms with Crippen molar-refractivity contribution in [3.05, 3.63) is 64.2 Å². The maximum absolute atomic E-state index is 12.2. The van der Waals surface area contributed by atoms with Gasteiger partial charge in [0.05, 0.1) is 6.04 Å². The fourth-order valence-corrected chi connectivity index (χ4v) is 3.48. The lowest BCUT2D eigenvalue weighted by Gasteiger charge is -2.16. The minimum atomic E-state index is -0.0638. The van der Waals surface area contributed by atoms with Crippen molar-refractivity contribution in [3.8, 4) is 5.75 Å². The van der Waals surface area contributed by atoms with Crippen LogP contribution in [0.15, 0.2) is 36.4 Å². The molecule has 3 rings (SSSR count). The summed E-state index contributed by atoms with van der Waals surface area (Å²) in [5.41, 5.74) is 5.93. The van der Waals surface area contributed by atoms with Gasteiger partial charge in [0.1, 0.15) is 5.75 Å². The first-order chi connectivity index (χ1) is 11.0. The van der Waals surface area contributed by atoms with E-state index in [0.717, 1.165) is 29.7 Å². The molecule has 2 aromatic carbocycles. The number of fused-ring (bicyclic) bond motifs is 1. The molecule has 1 N–H and O–H groups in total. The molecule has 0 saturated carbocycles. The molecule has 1 atom stereocenters. The van der Waals surface area contributed by atoms with E-state index in [9.17, 15) is 4.79 Å². The van der Waals surface area contributed by atoms with E-state index < -0.39 is 0 Å². The Balaban J connectivity index is 1.61. The molecule has 0 radical (unpaired) electrons. The number of carbonyl (C=O) groups is 1. The standard InChI is InChI=1S/C20H23NO2/c1-13-10-14(2)20(15(3)11-13)23-12-19(22)21-18-9-8-16-6-4-5-7-17(16)18/h4-7,10-11,18H,8-9,12H2,1-3H3,(H,21,22)/t18-/m1/s1. The number of benzene rings is 2. The summed E-state index contributed by atoms with van der Waals surface area (Å²) in [6, 6.07) is 12.6. The van der Waals surface area contributed by atoms with Crippen molar-refractivity contribution in [2.45, 2.75) is 39.7 Å². The van der Waals surface area contributed by atoms with Gasteiger partial charge in [-0.15, -0.1) is 0 Å². The molecule has 1 aliphatic rings. The molecule has 0 fully saturated rings. The maximum atomic E-state index is 12.2. The van der Waals surface area contributed by atoms with Crippen LogP contribution < -0.4 is 10.1 Å². The molecular weight excluding hydrogens is 286 g/mol. The largest absolute Gasteiger partial charge is 0.483 e. The Bertz CT molecular complexity index is 713. The number of carbonyl (C=O) groups excluding carboxylic acids is 1. The van der Waals surface area contributed by atoms with Crippen LogP contribution in [0.3, 0.4) is 0 Å². The summed E-state index contributed by atoms with van der Waals surface area (Å²) in [4.78, 5) is 12.2. The first kappa shape index (κ1) is 15.6. The molecule has 0 saturated heterocycles. The molecule has 1 amide bonds. The zero-order valence-corrected chi connectivity index (χ0v) is 14.0. The smallest absolute Gasteiger partial charge is 0.258 e. The second-order valence-electron chi connectivity index (χ2n) is 6.37. The maximum Gasteiger partial charge on any atom is 0.258 e. The third kappa shape index (κ3) is 3.39. The monoisotopic (exact) mass is 309 g/mol. The molecule has 1 aliphatic carbocycles. The van der Waals surface area contributed by atoms with Crippen LogP contribution in [0.2, 0.25) is 0 Å². The third-order valence-electron chi connectivity index (χ3n) is 4.42. The average molecular weight is 309 g/mol. The number of hydrogen-bond acceptors (Lipinski definition) is 2. The van der Waals surface area contributed by atoms with Gasteiger partial charge < -0.3 is 10.1 Å². The van der Waals surface area contributed by atoms with Gasteiger partial charge in [-0.2, -0.15) is 0 Å². The van der Waals surface area contributed by atoms with E-state index in [1.807, 2.05) is 19.9 Å². The van der Waals surface area contributed by atoms with Gasteiger partial charge in [-0.1, -0.05) is 42.0 Å². The van der Waals surface area contributed by atoms with Crippen molar-refractivity contribution < 1.29 is 9.53 Å². The topological polar surface area (TPSA) is 38.3 Å². The fourth-order valence-electron chi connectivity index (χ4n) is 3.48. The van der Waals surface area contributed by atoms with Crippen molar-refractivity contribution in [2.24, 2.45) is 0 Å².